The first-order valence-electron chi connectivity index (χ1n) is 10.5. The van der Waals surface area contributed by atoms with Crippen molar-refractivity contribution < 1.29 is 23.7 Å². The van der Waals surface area contributed by atoms with Gasteiger partial charge < -0.3 is 18.9 Å². The lowest BCUT2D eigenvalue weighted by Gasteiger charge is -2.47. The molecule has 0 amide bonds. The lowest BCUT2D eigenvalue weighted by molar-refractivity contribution is -0.422. The largest absolute Gasteiger partial charge is 0.383 e. The molecule has 0 aliphatic carbocycles. The molecule has 0 aliphatic rings. The number of carbonyl (C=O) groups excluding carboxylic acids is 1. The van der Waals surface area contributed by atoms with Gasteiger partial charge in [0.1, 0.15) is 5.41 Å². The van der Waals surface area contributed by atoms with E-state index in [9.17, 15) is 4.79 Å². The van der Waals surface area contributed by atoms with Crippen molar-refractivity contribution in [2.75, 3.05) is 33.5 Å². The van der Waals surface area contributed by atoms with Crippen LogP contribution in [0.4, 0.5) is 0 Å². The maximum Gasteiger partial charge on any atom is 0.298 e. The Kier molecular flexibility index (Phi) is 13.9. The van der Waals surface area contributed by atoms with Gasteiger partial charge in [-0.05, 0) is 39.7 Å². The monoisotopic (exact) mass is 386 g/mol. The van der Waals surface area contributed by atoms with Crippen LogP contribution in [0.1, 0.15) is 79.6 Å². The van der Waals surface area contributed by atoms with Gasteiger partial charge in [-0.3, -0.25) is 4.79 Å². The minimum absolute atomic E-state index is 0.117. The highest BCUT2D eigenvalue weighted by molar-refractivity contribution is 5.99. The summed E-state index contributed by atoms with van der Waals surface area (Å²) in [5.74, 6) is -1.59. The molecule has 1 unspecified atom stereocenters. The first-order chi connectivity index (χ1) is 12.9. The Labute approximate surface area is 166 Å². The van der Waals surface area contributed by atoms with Crippen molar-refractivity contribution in [2.45, 2.75) is 85.5 Å². The third-order valence-electron chi connectivity index (χ3n) is 4.76. The van der Waals surface area contributed by atoms with Crippen LogP contribution in [0.2, 0.25) is 0 Å². The molecule has 0 aromatic heterocycles. The highest BCUT2D eigenvalue weighted by Gasteiger charge is 2.59. The topological polar surface area (TPSA) is 54.0 Å². The summed E-state index contributed by atoms with van der Waals surface area (Å²) in [6.07, 6.45) is 7.33. The van der Waals surface area contributed by atoms with E-state index >= 15 is 0 Å². The standard InChI is InChI=1S/C22H42O5/c1-8-12-13-14-15-16-17-21(18-24-7,20(23)19(5)6)22(25-9-2,26-10-3)27-11-4/h5,8-18H2,1-4,6-7H3. The van der Waals surface area contributed by atoms with E-state index < -0.39 is 11.4 Å². The first-order valence-corrected chi connectivity index (χ1v) is 10.5. The molecule has 0 saturated carbocycles. The third-order valence-corrected chi connectivity index (χ3v) is 4.76. The van der Waals surface area contributed by atoms with Crippen LogP contribution in [0.5, 0.6) is 0 Å². The Bertz CT molecular complexity index is 404. The predicted octanol–water partition coefficient (Wildman–Crippen LogP) is 5.28. The summed E-state index contributed by atoms with van der Waals surface area (Å²) in [7, 11) is 1.59. The van der Waals surface area contributed by atoms with E-state index in [0.717, 1.165) is 19.3 Å². The molecule has 0 N–H and O–H groups in total. The molecule has 0 heterocycles. The average molecular weight is 387 g/mol. The fourth-order valence-corrected chi connectivity index (χ4v) is 3.60. The molecule has 0 fully saturated rings. The Morgan fingerprint density at radius 1 is 0.852 bits per heavy atom. The number of hydrogen-bond donors (Lipinski definition) is 0. The highest BCUT2D eigenvalue weighted by Crippen LogP contribution is 2.44. The number of rotatable bonds is 18. The van der Waals surface area contributed by atoms with E-state index in [1.165, 1.54) is 19.3 Å². The molecule has 160 valence electrons. The molecule has 0 aliphatic heterocycles. The van der Waals surface area contributed by atoms with Gasteiger partial charge in [-0.25, -0.2) is 0 Å². The number of ether oxygens (including phenoxy) is 4. The first kappa shape index (κ1) is 26.2. The van der Waals surface area contributed by atoms with Crippen molar-refractivity contribution in [2.24, 2.45) is 5.41 Å². The van der Waals surface area contributed by atoms with Gasteiger partial charge in [0.15, 0.2) is 5.78 Å². The fraction of sp³-hybridized carbons (Fsp3) is 0.864. The van der Waals surface area contributed by atoms with Crippen molar-refractivity contribution in [3.05, 3.63) is 12.2 Å². The summed E-state index contributed by atoms with van der Waals surface area (Å²) in [6.45, 7) is 14.7. The molecule has 5 heteroatoms. The SMILES string of the molecule is C=C(C)C(=O)C(CCCCCCCC)(COC)C(OCC)(OCC)OCC. The van der Waals surface area contributed by atoms with Gasteiger partial charge in [0.25, 0.3) is 5.97 Å². The van der Waals surface area contributed by atoms with Crippen molar-refractivity contribution >= 4 is 5.78 Å². The number of carbonyl (C=O) groups is 1. The maximum atomic E-state index is 13.4. The van der Waals surface area contributed by atoms with E-state index in [1.807, 2.05) is 20.8 Å². The van der Waals surface area contributed by atoms with Crippen molar-refractivity contribution in [3.8, 4) is 0 Å². The number of allylic oxidation sites excluding steroid dienone is 1. The Morgan fingerprint density at radius 3 is 1.74 bits per heavy atom. The third kappa shape index (κ3) is 7.30. The second kappa shape index (κ2) is 14.3. The molecule has 0 saturated heterocycles. The summed E-state index contributed by atoms with van der Waals surface area (Å²) >= 11 is 0. The minimum Gasteiger partial charge on any atom is -0.383 e. The van der Waals surface area contributed by atoms with Gasteiger partial charge in [-0.15, -0.1) is 0 Å². The van der Waals surface area contributed by atoms with Crippen molar-refractivity contribution in [1.82, 2.24) is 0 Å². The lowest BCUT2D eigenvalue weighted by Crippen LogP contribution is -2.61. The van der Waals surface area contributed by atoms with E-state index in [-0.39, 0.29) is 12.4 Å². The van der Waals surface area contributed by atoms with E-state index in [4.69, 9.17) is 18.9 Å². The normalized spacial score (nSPS) is 14.1. The second-order valence-electron chi connectivity index (χ2n) is 7.00. The van der Waals surface area contributed by atoms with Crippen LogP contribution in [-0.2, 0) is 23.7 Å². The zero-order valence-electron chi connectivity index (χ0n) is 18.5. The molecule has 27 heavy (non-hydrogen) atoms. The van der Waals surface area contributed by atoms with Crippen molar-refractivity contribution in [3.63, 3.8) is 0 Å². The maximum absolute atomic E-state index is 13.4. The molecular formula is C22H42O5. The van der Waals surface area contributed by atoms with Crippen LogP contribution < -0.4 is 0 Å². The molecule has 1 atom stereocenters. The van der Waals surface area contributed by atoms with Gasteiger partial charge in [0.05, 0.1) is 6.61 Å². The Morgan fingerprint density at radius 2 is 1.33 bits per heavy atom. The number of Topliss-reactive ketones (excluding diaryl/α,β-unsaturated/α-hetero) is 1. The Balaban J connectivity index is 5.84. The summed E-state index contributed by atoms with van der Waals surface area (Å²) in [4.78, 5) is 13.4. The zero-order chi connectivity index (χ0) is 20.8. The summed E-state index contributed by atoms with van der Waals surface area (Å²) in [5.41, 5.74) is -0.623. The van der Waals surface area contributed by atoms with Gasteiger partial charge in [0, 0.05) is 26.9 Å². The highest BCUT2D eigenvalue weighted by atomic mass is 16.9. The number of unbranched alkanes of at least 4 members (excludes halogenated alkanes) is 5. The van der Waals surface area contributed by atoms with Crippen LogP contribution in [0, 0.1) is 5.41 Å². The van der Waals surface area contributed by atoms with Gasteiger partial charge >= 0.3 is 0 Å². The van der Waals surface area contributed by atoms with Crippen LogP contribution in [0.15, 0.2) is 12.2 Å². The summed E-state index contributed by atoms with van der Waals surface area (Å²) in [5, 5.41) is 0. The quantitative estimate of drug-likeness (QED) is 0.182. The van der Waals surface area contributed by atoms with Gasteiger partial charge in [-0.2, -0.15) is 0 Å². The summed E-state index contributed by atoms with van der Waals surface area (Å²) in [6, 6.07) is 0. The van der Waals surface area contributed by atoms with Crippen LogP contribution in [0.3, 0.4) is 0 Å². The molecule has 0 radical (unpaired) electrons. The predicted molar refractivity (Wildman–Crippen MR) is 110 cm³/mol. The van der Waals surface area contributed by atoms with Crippen molar-refractivity contribution in [1.29, 1.82) is 0 Å². The lowest BCUT2D eigenvalue weighted by atomic mass is 9.74. The molecule has 0 rings (SSSR count). The number of methoxy groups -OCH3 is 1. The van der Waals surface area contributed by atoms with E-state index in [2.05, 4.69) is 13.5 Å². The Hall–Kier alpha value is -0.750. The molecule has 0 spiro atoms. The fourth-order valence-electron chi connectivity index (χ4n) is 3.60. The molecule has 0 aromatic rings. The zero-order valence-corrected chi connectivity index (χ0v) is 18.5. The molecular weight excluding hydrogens is 344 g/mol. The van der Waals surface area contributed by atoms with Gasteiger partial charge in [-0.1, -0.05) is 52.0 Å². The number of ketones is 1. The van der Waals surface area contributed by atoms with E-state index in [1.54, 1.807) is 14.0 Å². The second-order valence-corrected chi connectivity index (χ2v) is 7.00. The van der Waals surface area contributed by atoms with Crippen LogP contribution in [-0.4, -0.2) is 45.3 Å². The van der Waals surface area contributed by atoms with Crippen LogP contribution >= 0.6 is 0 Å². The average Bonchev–Trinajstić information content (AvgIpc) is 2.63. The van der Waals surface area contributed by atoms with Gasteiger partial charge in [0.2, 0.25) is 0 Å². The minimum atomic E-state index is -1.47. The molecule has 0 aromatic carbocycles. The number of hydrogen-bond acceptors (Lipinski definition) is 5. The summed E-state index contributed by atoms with van der Waals surface area (Å²) < 4.78 is 23.5. The van der Waals surface area contributed by atoms with E-state index in [0.29, 0.717) is 31.8 Å². The smallest absolute Gasteiger partial charge is 0.298 e. The molecule has 0 bridgehead atoms. The van der Waals surface area contributed by atoms with Crippen LogP contribution in [0.25, 0.3) is 0 Å². The molecule has 5 nitrogen and oxygen atoms in total.